The van der Waals surface area contributed by atoms with Crippen molar-refractivity contribution in [3.8, 4) is 0 Å². The zero-order valence-electron chi connectivity index (χ0n) is 31.8. The minimum atomic E-state index is -1.00. The number of rotatable bonds is 23. The van der Waals surface area contributed by atoms with Crippen LogP contribution in [0.15, 0.2) is 36.5 Å². The van der Waals surface area contributed by atoms with Crippen LogP contribution in [0.1, 0.15) is 91.1 Å². The van der Waals surface area contributed by atoms with Gasteiger partial charge in [0.25, 0.3) is 11.8 Å². The number of benzene rings is 1. The minimum absolute atomic E-state index is 0.0718. The summed E-state index contributed by atoms with van der Waals surface area (Å²) in [7, 11) is 0. The molecule has 1 aromatic carbocycles. The number of ether oxygens (including phenoxy) is 4. The molecule has 3 aliphatic rings. The highest BCUT2D eigenvalue weighted by atomic mass is 16.6. The van der Waals surface area contributed by atoms with Gasteiger partial charge in [0.05, 0.1) is 70.2 Å². The fraction of sp³-hybridized carbons (Fsp3) is 0.590. The van der Waals surface area contributed by atoms with Crippen molar-refractivity contribution in [1.29, 1.82) is 0 Å². The molecular formula is C39H54N8O8. The molecule has 298 valence electrons. The molecule has 3 atom stereocenters. The molecule has 1 saturated carbocycles. The van der Waals surface area contributed by atoms with E-state index in [-0.39, 0.29) is 24.0 Å². The molecule has 2 aromatic heterocycles. The summed E-state index contributed by atoms with van der Waals surface area (Å²) in [5.41, 5.74) is 2.96. The van der Waals surface area contributed by atoms with Gasteiger partial charge in [-0.3, -0.25) is 29.4 Å². The van der Waals surface area contributed by atoms with Crippen molar-refractivity contribution in [3.63, 3.8) is 0 Å². The Morgan fingerprint density at radius 3 is 2.24 bits per heavy atom. The Morgan fingerprint density at radius 2 is 1.53 bits per heavy atom. The van der Waals surface area contributed by atoms with E-state index in [1.807, 2.05) is 16.8 Å². The summed E-state index contributed by atoms with van der Waals surface area (Å²) in [4.78, 5) is 55.8. The molecule has 0 radical (unpaired) electrons. The van der Waals surface area contributed by atoms with E-state index >= 15 is 0 Å². The maximum Gasteiger partial charge on any atom is 0.264 e. The van der Waals surface area contributed by atoms with Crippen LogP contribution in [0.2, 0.25) is 0 Å². The van der Waals surface area contributed by atoms with E-state index in [0.29, 0.717) is 83.1 Å². The number of nitrogens with zero attached hydrogens (tertiary/aromatic N) is 4. The molecule has 1 saturated heterocycles. The number of anilines is 2. The monoisotopic (exact) mass is 762 g/mol. The number of imide groups is 2. The number of hydrogen-bond donors (Lipinski definition) is 4. The van der Waals surface area contributed by atoms with Crippen molar-refractivity contribution in [2.75, 3.05) is 76.6 Å². The minimum Gasteiger partial charge on any atom is -0.382 e. The highest BCUT2D eigenvalue weighted by Crippen LogP contribution is 2.32. The highest BCUT2D eigenvalue weighted by molar-refractivity contribution is 6.25. The van der Waals surface area contributed by atoms with Crippen LogP contribution in [0.3, 0.4) is 0 Å². The number of amides is 4. The molecule has 55 heavy (non-hydrogen) atoms. The van der Waals surface area contributed by atoms with Crippen LogP contribution in [0.4, 0.5) is 11.5 Å². The number of fused-ring (bicyclic) bond motifs is 2. The van der Waals surface area contributed by atoms with Crippen molar-refractivity contribution >= 4 is 40.8 Å². The van der Waals surface area contributed by atoms with Crippen molar-refractivity contribution in [2.45, 2.75) is 82.8 Å². The average Bonchev–Trinajstić information content (AvgIpc) is 3.91. The van der Waals surface area contributed by atoms with Crippen LogP contribution >= 0.6 is 0 Å². The normalized spacial score (nSPS) is 19.8. The first-order valence-corrected chi connectivity index (χ1v) is 19.6. The topological polar surface area (TPSA) is 187 Å². The van der Waals surface area contributed by atoms with Gasteiger partial charge in [0, 0.05) is 61.0 Å². The lowest BCUT2D eigenvalue weighted by atomic mass is 9.99. The predicted molar refractivity (Wildman–Crippen MR) is 204 cm³/mol. The van der Waals surface area contributed by atoms with Gasteiger partial charge in [0.1, 0.15) is 11.9 Å². The van der Waals surface area contributed by atoms with E-state index in [1.165, 1.54) is 0 Å². The second-order valence-corrected chi connectivity index (χ2v) is 14.0. The van der Waals surface area contributed by atoms with Crippen molar-refractivity contribution < 1.29 is 38.1 Å². The van der Waals surface area contributed by atoms with Gasteiger partial charge in [0.2, 0.25) is 11.8 Å². The summed E-state index contributed by atoms with van der Waals surface area (Å²) >= 11 is 0. The Morgan fingerprint density at radius 1 is 0.836 bits per heavy atom. The Balaban J connectivity index is 0.757. The van der Waals surface area contributed by atoms with E-state index in [1.54, 1.807) is 18.2 Å². The van der Waals surface area contributed by atoms with E-state index in [9.17, 15) is 19.2 Å². The third-order valence-electron chi connectivity index (χ3n) is 10.4. The van der Waals surface area contributed by atoms with Gasteiger partial charge in [-0.05, 0) is 50.7 Å². The summed E-state index contributed by atoms with van der Waals surface area (Å²) < 4.78 is 24.5. The molecule has 16 heteroatoms. The van der Waals surface area contributed by atoms with Crippen LogP contribution < -0.4 is 21.3 Å². The molecule has 0 bridgehead atoms. The quantitative estimate of drug-likeness (QED) is 0.0817. The Hall–Kier alpha value is -4.48. The van der Waals surface area contributed by atoms with E-state index < -0.39 is 29.7 Å². The number of hydrogen-bond acceptors (Lipinski definition) is 13. The molecule has 0 spiro atoms. The summed E-state index contributed by atoms with van der Waals surface area (Å²) in [6.45, 7) is 9.32. The fourth-order valence-electron chi connectivity index (χ4n) is 7.48. The number of aromatic nitrogens is 3. The highest BCUT2D eigenvalue weighted by Gasteiger charge is 2.45. The van der Waals surface area contributed by atoms with E-state index in [4.69, 9.17) is 23.9 Å². The van der Waals surface area contributed by atoms with Crippen molar-refractivity contribution in [2.24, 2.45) is 0 Å². The molecule has 4 amide bonds. The molecule has 16 nitrogen and oxygen atoms in total. The zero-order chi connectivity index (χ0) is 38.6. The summed E-state index contributed by atoms with van der Waals surface area (Å²) in [5.74, 6) is -0.667. The van der Waals surface area contributed by atoms with Gasteiger partial charge in [-0.25, -0.2) is 4.98 Å². The van der Waals surface area contributed by atoms with Gasteiger partial charge < -0.3 is 34.9 Å². The van der Waals surface area contributed by atoms with Crippen LogP contribution in [0.25, 0.3) is 5.65 Å². The lowest BCUT2D eigenvalue weighted by Crippen LogP contribution is -2.54. The second-order valence-electron chi connectivity index (χ2n) is 14.0. The van der Waals surface area contributed by atoms with Crippen LogP contribution in [0.5, 0.6) is 0 Å². The first kappa shape index (κ1) is 40.2. The molecule has 6 rings (SSSR count). The van der Waals surface area contributed by atoms with Gasteiger partial charge in [-0.15, -0.1) is 0 Å². The summed E-state index contributed by atoms with van der Waals surface area (Å²) in [5, 5.41) is 17.2. The van der Waals surface area contributed by atoms with Crippen molar-refractivity contribution in [3.05, 3.63) is 53.3 Å². The lowest BCUT2D eigenvalue weighted by molar-refractivity contribution is -0.136. The molecule has 4 N–H and O–H groups in total. The van der Waals surface area contributed by atoms with Crippen molar-refractivity contribution in [1.82, 2.24) is 30.1 Å². The molecule has 4 heterocycles. The maximum atomic E-state index is 13.2. The SMILES string of the molecule is CCC(CC)c1cc(N[C@H]2CC[C@H](NCCOCCOCCOCCOCCNc3cccc4c3C(=O)N(C3CCC(=O)NC3=O)C4=O)C2)n2nccc2n1. The largest absolute Gasteiger partial charge is 0.382 e. The van der Waals surface area contributed by atoms with E-state index in [2.05, 4.69) is 46.3 Å². The van der Waals surface area contributed by atoms with Gasteiger partial charge in [-0.1, -0.05) is 19.9 Å². The standard InChI is InChI=1S/C39H54N8O8/c1-3-26(4-2)31-25-34(47-33(44-31)12-13-42-47)43-28-9-8-27(24-28)40-14-16-52-18-20-54-22-23-55-21-19-53-17-15-41-30-7-5-6-29-36(30)39(51)46(38(29)50)32-10-11-35(48)45-37(32)49/h5-7,12-13,25-28,32,40-41,43H,3-4,8-11,14-24H2,1-2H3,(H,45,48,49)/t27-,28-,32?/m0/s1. The van der Waals surface area contributed by atoms with Gasteiger partial charge in [-0.2, -0.15) is 9.61 Å². The first-order chi connectivity index (χ1) is 26.9. The van der Waals surface area contributed by atoms with Crippen LogP contribution in [-0.4, -0.2) is 127 Å². The second kappa shape index (κ2) is 19.9. The Labute approximate surface area is 321 Å². The molecule has 2 fully saturated rings. The molecule has 1 aliphatic carbocycles. The van der Waals surface area contributed by atoms with E-state index in [0.717, 1.165) is 60.7 Å². The molecule has 3 aromatic rings. The van der Waals surface area contributed by atoms with Gasteiger partial charge in [0.15, 0.2) is 5.65 Å². The average molecular weight is 763 g/mol. The fourth-order valence-corrected chi connectivity index (χ4v) is 7.48. The summed E-state index contributed by atoms with van der Waals surface area (Å²) in [6, 6.07) is 8.92. The smallest absolute Gasteiger partial charge is 0.264 e. The first-order valence-electron chi connectivity index (χ1n) is 19.6. The molecule has 1 unspecified atom stereocenters. The molecule has 2 aliphatic heterocycles. The lowest BCUT2D eigenvalue weighted by Gasteiger charge is -2.27. The Bertz CT molecular complexity index is 1780. The zero-order valence-corrected chi connectivity index (χ0v) is 31.8. The van der Waals surface area contributed by atoms with Crippen LogP contribution in [-0.2, 0) is 28.5 Å². The molecular weight excluding hydrogens is 708 g/mol. The number of piperidine rings is 1. The maximum absolute atomic E-state index is 13.2. The third-order valence-corrected chi connectivity index (χ3v) is 10.4. The number of nitrogens with one attached hydrogen (secondary N) is 4. The summed E-state index contributed by atoms with van der Waals surface area (Å²) in [6.07, 6.45) is 7.39. The predicted octanol–water partition coefficient (Wildman–Crippen LogP) is 3.14. The number of carbonyl (C=O) groups is 4. The number of carbonyl (C=O) groups excluding carboxylic acids is 4. The third kappa shape index (κ3) is 10.2. The Kier molecular flexibility index (Phi) is 14.5. The van der Waals surface area contributed by atoms with Gasteiger partial charge >= 0.3 is 0 Å². The van der Waals surface area contributed by atoms with Crippen LogP contribution in [0, 0.1) is 0 Å².